The molecular weight excluding hydrogens is 517 g/mol. The van der Waals surface area contributed by atoms with Crippen molar-refractivity contribution in [1.82, 2.24) is 15.5 Å². The topological polar surface area (TPSA) is 42.9 Å². The number of nitrogens with one attached hydrogen (secondary N) is 2. The fourth-order valence-electron chi connectivity index (χ4n) is 4.44. The van der Waals surface area contributed by atoms with Crippen LogP contribution in [-0.4, -0.2) is 56.2 Å². The third kappa shape index (κ3) is 7.36. The Kier molecular flexibility index (Phi) is 9.93. The molecule has 2 aromatic rings. The van der Waals surface area contributed by atoms with Crippen molar-refractivity contribution in [3.63, 3.8) is 0 Å². The van der Waals surface area contributed by atoms with Gasteiger partial charge in [0.05, 0.1) is 0 Å². The van der Waals surface area contributed by atoms with Crippen LogP contribution in [0.1, 0.15) is 31.1 Å². The number of thiophene rings is 1. The molecule has 2 aliphatic rings. The zero-order chi connectivity index (χ0) is 20.6. The zero-order valence-electron chi connectivity index (χ0n) is 18.5. The van der Waals surface area contributed by atoms with Crippen LogP contribution in [-0.2, 0) is 6.54 Å². The molecule has 0 spiro atoms. The van der Waals surface area contributed by atoms with E-state index in [1.807, 2.05) is 11.3 Å². The number of benzene rings is 1. The summed E-state index contributed by atoms with van der Waals surface area (Å²) in [6.45, 7) is 9.60. The van der Waals surface area contributed by atoms with E-state index in [0.29, 0.717) is 12.0 Å². The lowest BCUT2D eigenvalue weighted by molar-refractivity contribution is 0.182. The van der Waals surface area contributed by atoms with Crippen molar-refractivity contribution in [2.24, 2.45) is 10.9 Å². The van der Waals surface area contributed by atoms with Gasteiger partial charge >= 0.3 is 0 Å². The number of piperidine rings is 1. The highest BCUT2D eigenvalue weighted by atomic mass is 127. The molecule has 2 fully saturated rings. The normalized spacial score (nSPS) is 20.5. The van der Waals surface area contributed by atoms with Crippen LogP contribution < -0.4 is 15.5 Å². The number of aliphatic imine (C=N–C) groups is 1. The van der Waals surface area contributed by atoms with Crippen LogP contribution >= 0.6 is 35.3 Å². The van der Waals surface area contributed by atoms with Gasteiger partial charge in [0, 0.05) is 49.3 Å². The first-order chi connectivity index (χ1) is 14.8. The van der Waals surface area contributed by atoms with Gasteiger partial charge in [0.1, 0.15) is 0 Å². The lowest BCUT2D eigenvalue weighted by Gasteiger charge is -2.31. The number of guanidine groups is 1. The monoisotopic (exact) mass is 553 g/mol. The van der Waals surface area contributed by atoms with Gasteiger partial charge in [-0.3, -0.25) is 9.89 Å². The number of likely N-dealkylation sites (tertiary alicyclic amines) is 1. The molecule has 0 radical (unpaired) electrons. The Hall–Kier alpha value is -1.32. The van der Waals surface area contributed by atoms with Crippen molar-refractivity contribution in [1.29, 1.82) is 0 Å². The third-order valence-electron chi connectivity index (χ3n) is 6.17. The van der Waals surface area contributed by atoms with Crippen molar-refractivity contribution in [2.75, 3.05) is 44.2 Å². The molecule has 170 valence electrons. The predicted molar refractivity (Wildman–Crippen MR) is 144 cm³/mol. The highest BCUT2D eigenvalue weighted by Crippen LogP contribution is 2.22. The third-order valence-corrected chi connectivity index (χ3v) is 7.03. The smallest absolute Gasteiger partial charge is 0.191 e. The highest BCUT2D eigenvalue weighted by Gasteiger charge is 2.24. The largest absolute Gasteiger partial charge is 0.369 e. The van der Waals surface area contributed by atoms with E-state index in [1.54, 1.807) is 0 Å². The molecule has 0 saturated carbocycles. The fraction of sp³-hybridized carbons (Fsp3) is 0.542. The Balaban J connectivity index is 0.00000272. The average Bonchev–Trinajstić information content (AvgIpc) is 3.46. The van der Waals surface area contributed by atoms with Crippen molar-refractivity contribution >= 4 is 47.0 Å². The van der Waals surface area contributed by atoms with Gasteiger partial charge in [-0.25, -0.2) is 0 Å². The highest BCUT2D eigenvalue weighted by molar-refractivity contribution is 14.0. The minimum Gasteiger partial charge on any atom is -0.369 e. The summed E-state index contributed by atoms with van der Waals surface area (Å²) in [6, 6.07) is 15.6. The molecule has 0 bridgehead atoms. The number of para-hydroxylation sites is 1. The Bertz CT molecular complexity index is 775. The Morgan fingerprint density at radius 3 is 2.58 bits per heavy atom. The van der Waals surface area contributed by atoms with E-state index in [1.165, 1.54) is 36.5 Å². The van der Waals surface area contributed by atoms with Gasteiger partial charge in [-0.15, -0.1) is 35.3 Å². The molecule has 5 nitrogen and oxygen atoms in total. The molecule has 31 heavy (non-hydrogen) atoms. The van der Waals surface area contributed by atoms with Gasteiger partial charge in [0.25, 0.3) is 0 Å². The maximum Gasteiger partial charge on any atom is 0.191 e. The summed E-state index contributed by atoms with van der Waals surface area (Å²) < 4.78 is 0. The predicted octanol–water partition coefficient (Wildman–Crippen LogP) is 4.41. The van der Waals surface area contributed by atoms with Gasteiger partial charge in [-0.05, 0) is 68.8 Å². The Morgan fingerprint density at radius 1 is 1.06 bits per heavy atom. The van der Waals surface area contributed by atoms with Crippen LogP contribution in [0.3, 0.4) is 0 Å². The molecular formula is C24H36IN5S. The quantitative estimate of drug-likeness (QED) is 0.303. The first-order valence-electron chi connectivity index (χ1n) is 11.4. The molecule has 2 N–H and O–H groups in total. The van der Waals surface area contributed by atoms with E-state index in [0.717, 1.165) is 45.1 Å². The van der Waals surface area contributed by atoms with Gasteiger partial charge in [-0.2, -0.15) is 0 Å². The van der Waals surface area contributed by atoms with Gasteiger partial charge in [-0.1, -0.05) is 24.3 Å². The van der Waals surface area contributed by atoms with Crippen LogP contribution in [0.25, 0.3) is 0 Å². The zero-order valence-corrected chi connectivity index (χ0v) is 21.6. The van der Waals surface area contributed by atoms with Gasteiger partial charge in [0.15, 0.2) is 5.96 Å². The molecule has 1 aromatic carbocycles. The number of nitrogens with zero attached hydrogens (tertiary/aromatic N) is 3. The van der Waals surface area contributed by atoms with E-state index in [9.17, 15) is 0 Å². The van der Waals surface area contributed by atoms with E-state index in [-0.39, 0.29) is 24.0 Å². The molecule has 2 aliphatic heterocycles. The van der Waals surface area contributed by atoms with Crippen LogP contribution in [0.4, 0.5) is 5.69 Å². The maximum atomic E-state index is 4.96. The SMILES string of the molecule is CCNC(=NCC1CCN(Cc2cccs2)CC1)NC1CCN(c2ccccc2)C1.I. The number of rotatable bonds is 7. The maximum absolute atomic E-state index is 4.96. The summed E-state index contributed by atoms with van der Waals surface area (Å²) in [4.78, 5) is 11.5. The molecule has 4 rings (SSSR count). The fourth-order valence-corrected chi connectivity index (χ4v) is 5.18. The average molecular weight is 554 g/mol. The second-order valence-corrected chi connectivity index (χ2v) is 9.46. The second-order valence-electron chi connectivity index (χ2n) is 8.43. The molecule has 7 heteroatoms. The standard InChI is InChI=1S/C24H35N5S.HI/c1-2-25-24(27-21-12-15-29(18-21)22-7-4-3-5-8-22)26-17-20-10-13-28(14-11-20)19-23-9-6-16-30-23;/h3-9,16,20-21H,2,10-15,17-19H2,1H3,(H2,25,26,27);1H. The minimum absolute atomic E-state index is 0. The molecule has 2 saturated heterocycles. The summed E-state index contributed by atoms with van der Waals surface area (Å²) in [6.07, 6.45) is 3.65. The molecule has 0 aliphatic carbocycles. The van der Waals surface area contributed by atoms with Crippen molar-refractivity contribution in [3.8, 4) is 0 Å². The van der Waals surface area contributed by atoms with Crippen molar-refractivity contribution in [3.05, 3.63) is 52.7 Å². The number of anilines is 1. The van der Waals surface area contributed by atoms with E-state index < -0.39 is 0 Å². The van der Waals surface area contributed by atoms with E-state index in [2.05, 4.69) is 75.2 Å². The summed E-state index contributed by atoms with van der Waals surface area (Å²) >= 11 is 1.87. The van der Waals surface area contributed by atoms with E-state index in [4.69, 9.17) is 4.99 Å². The van der Waals surface area contributed by atoms with Gasteiger partial charge in [0.2, 0.25) is 0 Å². The summed E-state index contributed by atoms with van der Waals surface area (Å²) in [7, 11) is 0. The molecule has 0 amide bonds. The summed E-state index contributed by atoms with van der Waals surface area (Å²) in [5.74, 6) is 1.68. The lowest BCUT2D eigenvalue weighted by atomic mass is 9.97. The molecule has 3 heterocycles. The van der Waals surface area contributed by atoms with E-state index >= 15 is 0 Å². The molecule has 1 aromatic heterocycles. The van der Waals surface area contributed by atoms with Crippen LogP contribution in [0.2, 0.25) is 0 Å². The number of hydrogen-bond acceptors (Lipinski definition) is 4. The minimum atomic E-state index is 0. The first kappa shape index (κ1) is 24.3. The van der Waals surface area contributed by atoms with Crippen molar-refractivity contribution in [2.45, 2.75) is 38.8 Å². The summed E-state index contributed by atoms with van der Waals surface area (Å²) in [5.41, 5.74) is 1.32. The van der Waals surface area contributed by atoms with Crippen LogP contribution in [0.5, 0.6) is 0 Å². The van der Waals surface area contributed by atoms with Crippen LogP contribution in [0, 0.1) is 5.92 Å². The van der Waals surface area contributed by atoms with Gasteiger partial charge < -0.3 is 15.5 Å². The molecule has 1 unspecified atom stereocenters. The summed E-state index contributed by atoms with van der Waals surface area (Å²) in [5, 5.41) is 9.31. The number of hydrogen-bond donors (Lipinski definition) is 2. The second kappa shape index (κ2) is 12.6. The Morgan fingerprint density at radius 2 is 1.87 bits per heavy atom. The molecule has 1 atom stereocenters. The van der Waals surface area contributed by atoms with Crippen LogP contribution in [0.15, 0.2) is 52.8 Å². The Labute approximate surface area is 208 Å². The first-order valence-corrected chi connectivity index (χ1v) is 12.3. The number of halogens is 1. The van der Waals surface area contributed by atoms with Crippen molar-refractivity contribution < 1.29 is 0 Å². The lowest BCUT2D eigenvalue weighted by Crippen LogP contribution is -2.45.